The van der Waals surface area contributed by atoms with Crippen molar-refractivity contribution >= 4 is 17.4 Å². The van der Waals surface area contributed by atoms with Crippen LogP contribution in [0.3, 0.4) is 0 Å². The van der Waals surface area contributed by atoms with Crippen molar-refractivity contribution < 1.29 is 26.8 Å². The van der Waals surface area contributed by atoms with Crippen LogP contribution in [0.15, 0.2) is 41.5 Å². The van der Waals surface area contributed by atoms with Gasteiger partial charge in [0.1, 0.15) is 34.8 Å². The summed E-state index contributed by atoms with van der Waals surface area (Å²) >= 11 is 0. The van der Waals surface area contributed by atoms with Gasteiger partial charge in [0.05, 0.1) is 17.3 Å². The molecule has 2 heterocycles. The highest BCUT2D eigenvalue weighted by atomic mass is 19.2. The van der Waals surface area contributed by atoms with E-state index in [1.807, 2.05) is 0 Å². The van der Waals surface area contributed by atoms with Crippen molar-refractivity contribution in [2.45, 2.75) is 37.6 Å². The van der Waals surface area contributed by atoms with Crippen molar-refractivity contribution in [3.8, 4) is 5.75 Å². The highest BCUT2D eigenvalue weighted by Crippen LogP contribution is 2.42. The van der Waals surface area contributed by atoms with E-state index in [-0.39, 0.29) is 22.7 Å². The minimum absolute atomic E-state index is 0.0554. The van der Waals surface area contributed by atoms with Crippen LogP contribution in [0.25, 0.3) is 0 Å². The maximum Gasteiger partial charge on any atom is 0.274 e. The molecule has 1 amide bonds. The summed E-state index contributed by atoms with van der Waals surface area (Å²) in [5.41, 5.74) is 1.56. The Balaban J connectivity index is 1.85. The van der Waals surface area contributed by atoms with E-state index in [1.165, 1.54) is 31.2 Å². The molecule has 0 unspecified atom stereocenters. The zero-order chi connectivity index (χ0) is 23.9. The fourth-order valence-corrected chi connectivity index (χ4v) is 3.07. The predicted molar refractivity (Wildman–Crippen MR) is 103 cm³/mol. The van der Waals surface area contributed by atoms with E-state index >= 15 is 0 Å². The molecule has 3 atom stereocenters. The van der Waals surface area contributed by atoms with Gasteiger partial charge >= 0.3 is 0 Å². The van der Waals surface area contributed by atoms with Crippen molar-refractivity contribution in [2.24, 2.45) is 10.7 Å². The molecule has 2 aromatic rings. The van der Waals surface area contributed by atoms with Crippen LogP contribution in [0.1, 0.15) is 40.4 Å². The Labute approximate surface area is 170 Å². The average molecular weight is 409 g/mol. The van der Waals surface area contributed by atoms with Gasteiger partial charge in [0.25, 0.3) is 5.91 Å². The number of carbonyl (C=O) groups is 1. The van der Waals surface area contributed by atoms with Crippen LogP contribution in [-0.2, 0) is 5.54 Å². The lowest BCUT2D eigenvalue weighted by Crippen LogP contribution is -2.51. The van der Waals surface area contributed by atoms with E-state index in [9.17, 15) is 18.0 Å². The van der Waals surface area contributed by atoms with Crippen molar-refractivity contribution in [1.82, 2.24) is 4.98 Å². The lowest BCUT2D eigenvalue weighted by atomic mass is 9.79. The molecule has 1 aromatic heterocycles. The molecular formula is C20H21F3N4O2. The molecule has 154 valence electrons. The first-order valence-corrected chi connectivity index (χ1v) is 8.66. The fraction of sp³-hybridized carbons (Fsp3) is 0.350. The van der Waals surface area contributed by atoms with Crippen LogP contribution < -0.4 is 15.8 Å². The summed E-state index contributed by atoms with van der Waals surface area (Å²) in [6.07, 6.45) is -1.39. The van der Waals surface area contributed by atoms with Gasteiger partial charge in [-0.05, 0) is 44.2 Å². The van der Waals surface area contributed by atoms with Crippen molar-refractivity contribution in [3.05, 3.63) is 53.6 Å². The number of aromatic nitrogens is 1. The summed E-state index contributed by atoms with van der Waals surface area (Å²) in [7, 11) is -2.66. The fourth-order valence-electron chi connectivity index (χ4n) is 3.07. The minimum Gasteiger partial charge on any atom is -0.495 e. The summed E-state index contributed by atoms with van der Waals surface area (Å²) in [5.74, 6) is -1.98. The molecule has 1 aromatic carbocycles. The number of ether oxygens (including phenoxy) is 1. The van der Waals surface area contributed by atoms with Gasteiger partial charge in [-0.25, -0.2) is 18.2 Å². The van der Waals surface area contributed by atoms with E-state index in [0.29, 0.717) is 0 Å². The van der Waals surface area contributed by atoms with Crippen molar-refractivity contribution in [1.29, 1.82) is 0 Å². The molecule has 0 saturated heterocycles. The number of hydrogen-bond acceptors (Lipinski definition) is 5. The second-order valence-corrected chi connectivity index (χ2v) is 7.14. The van der Waals surface area contributed by atoms with Gasteiger partial charge in [-0.15, -0.1) is 0 Å². The van der Waals surface area contributed by atoms with E-state index in [1.54, 1.807) is 0 Å². The lowest BCUT2D eigenvalue weighted by Gasteiger charge is -2.38. The van der Waals surface area contributed by atoms with Crippen LogP contribution in [-0.4, -0.2) is 35.6 Å². The average Bonchev–Trinajstić information content (AvgIpc) is 2.67. The van der Waals surface area contributed by atoms with Gasteiger partial charge in [0.2, 0.25) is 0 Å². The number of methoxy groups -OCH3 is 1. The van der Waals surface area contributed by atoms with Gasteiger partial charge in [-0.2, -0.15) is 0 Å². The Morgan fingerprint density at radius 1 is 1.38 bits per heavy atom. The predicted octanol–water partition coefficient (Wildman–Crippen LogP) is 3.52. The van der Waals surface area contributed by atoms with Crippen LogP contribution in [0, 0.1) is 5.82 Å². The van der Waals surface area contributed by atoms with Crippen molar-refractivity contribution in [3.63, 3.8) is 0 Å². The number of hydrogen-bond donors (Lipinski definition) is 2. The van der Waals surface area contributed by atoms with Gasteiger partial charge in [-0.3, -0.25) is 9.79 Å². The van der Waals surface area contributed by atoms with Crippen LogP contribution >= 0.6 is 0 Å². The number of pyridine rings is 1. The summed E-state index contributed by atoms with van der Waals surface area (Å²) in [6.45, 7) is 2.40. The summed E-state index contributed by atoms with van der Waals surface area (Å²) in [5, 5.41) is 2.50. The molecule has 1 aliphatic heterocycles. The third-order valence-corrected chi connectivity index (χ3v) is 4.92. The number of amidine groups is 1. The Morgan fingerprint density at radius 2 is 2.14 bits per heavy atom. The standard InChI is InChI=1S/C20H21F3N4O2/c1-19(23)9-16(22)20(2,27-18(19)24)13-8-11(4-6-14(13)21)26-17(28)15-7-5-12(29-3)10-25-15/h4-8,10,16H,9H2,1-3H3,(H2,24,27)(H,26,28)/t16-,19+,20+/m0/s1/i3D3. The molecule has 29 heavy (non-hydrogen) atoms. The smallest absolute Gasteiger partial charge is 0.274 e. The highest BCUT2D eigenvalue weighted by molar-refractivity contribution is 6.03. The number of halogens is 3. The number of nitrogens with one attached hydrogen (secondary N) is 1. The molecule has 0 aliphatic carbocycles. The number of anilines is 1. The number of nitrogens with zero attached hydrogens (tertiary/aromatic N) is 2. The van der Waals surface area contributed by atoms with Gasteiger partial charge in [0.15, 0.2) is 5.67 Å². The number of amides is 1. The van der Waals surface area contributed by atoms with E-state index in [4.69, 9.17) is 9.85 Å². The second-order valence-electron chi connectivity index (χ2n) is 7.14. The molecule has 9 heteroatoms. The number of nitrogens with two attached hydrogens (primary N) is 1. The largest absolute Gasteiger partial charge is 0.495 e. The highest BCUT2D eigenvalue weighted by Gasteiger charge is 2.49. The molecule has 0 radical (unpaired) electrons. The van der Waals surface area contributed by atoms with Crippen LogP contribution in [0.2, 0.25) is 0 Å². The first-order valence-electron chi connectivity index (χ1n) is 10.2. The Morgan fingerprint density at radius 3 is 2.79 bits per heavy atom. The first kappa shape index (κ1) is 16.8. The molecule has 0 spiro atoms. The molecule has 0 bridgehead atoms. The van der Waals surface area contributed by atoms with E-state index in [0.717, 1.165) is 19.2 Å². The first-order chi connectivity index (χ1) is 14.7. The summed E-state index contributed by atoms with van der Waals surface area (Å²) in [4.78, 5) is 20.2. The lowest BCUT2D eigenvalue weighted by molar-refractivity contribution is 0.102. The Hall–Kier alpha value is -3.10. The zero-order valence-electron chi connectivity index (χ0n) is 18.7. The molecule has 6 nitrogen and oxygen atoms in total. The molecule has 3 N–H and O–H groups in total. The maximum atomic E-state index is 14.9. The third-order valence-electron chi connectivity index (χ3n) is 4.92. The topological polar surface area (TPSA) is 89.6 Å². The molecule has 3 rings (SSSR count). The van der Waals surface area contributed by atoms with Gasteiger partial charge in [-0.1, -0.05) is 0 Å². The second kappa shape index (κ2) is 7.38. The zero-order valence-corrected chi connectivity index (χ0v) is 15.7. The molecule has 0 saturated carbocycles. The van der Waals surface area contributed by atoms with Gasteiger partial charge < -0.3 is 15.8 Å². The Bertz CT molecular complexity index is 1060. The number of benzene rings is 1. The maximum absolute atomic E-state index is 14.9. The molecule has 1 aliphatic rings. The number of carbonyl (C=O) groups excluding carboxylic acids is 1. The number of aliphatic imine (C=N–C) groups is 1. The Kier molecular flexibility index (Phi) is 4.28. The van der Waals surface area contributed by atoms with E-state index in [2.05, 4.69) is 20.0 Å². The quantitative estimate of drug-likeness (QED) is 0.809. The number of alkyl halides is 2. The minimum atomic E-state index is -2.66. The van der Waals surface area contributed by atoms with Crippen molar-refractivity contribution in [2.75, 3.05) is 12.4 Å². The van der Waals surface area contributed by atoms with Crippen LogP contribution in [0.5, 0.6) is 5.75 Å². The SMILES string of the molecule is [2H]C([2H])([2H])Oc1ccc(C(=O)Nc2ccc(F)c([C@@]3(C)N=C(N)[C@](C)(F)C[C@@H]3F)c2)nc1. The monoisotopic (exact) mass is 409 g/mol. The van der Waals surface area contributed by atoms with E-state index < -0.39 is 48.4 Å². The molecular weight excluding hydrogens is 385 g/mol. The third kappa shape index (κ3) is 3.90. The summed E-state index contributed by atoms with van der Waals surface area (Å²) in [6, 6.07) is 5.98. The van der Waals surface area contributed by atoms with Gasteiger partial charge in [0, 0.05) is 17.7 Å². The summed E-state index contributed by atoms with van der Waals surface area (Å²) < 4.78 is 69.6. The normalized spacial score (nSPS) is 28.5. The van der Waals surface area contributed by atoms with Crippen LogP contribution in [0.4, 0.5) is 18.9 Å². The number of rotatable bonds is 4. The molecule has 0 fully saturated rings.